The average molecular weight is 401 g/mol. The lowest BCUT2D eigenvalue weighted by atomic mass is 10.1. The summed E-state index contributed by atoms with van der Waals surface area (Å²) in [5.74, 6) is 2.42. The van der Waals surface area contributed by atoms with Crippen LogP contribution in [0.15, 0.2) is 54.9 Å². The maximum absolute atomic E-state index is 12.2. The monoisotopic (exact) mass is 401 g/mol. The highest BCUT2D eigenvalue weighted by Crippen LogP contribution is 2.28. The Hall–Kier alpha value is -3.86. The predicted molar refractivity (Wildman–Crippen MR) is 114 cm³/mol. The number of nitrogens with zero attached hydrogens (tertiary/aromatic N) is 4. The second kappa shape index (κ2) is 9.09. The van der Waals surface area contributed by atoms with Crippen LogP contribution in [0.25, 0.3) is 5.82 Å². The van der Waals surface area contributed by atoms with E-state index in [-0.39, 0.29) is 12.5 Å². The molecule has 3 aromatic rings. The number of benzene rings is 1. The number of nitriles is 1. The van der Waals surface area contributed by atoms with Crippen molar-refractivity contribution in [3.8, 4) is 11.9 Å². The van der Waals surface area contributed by atoms with E-state index in [2.05, 4.69) is 32.0 Å². The van der Waals surface area contributed by atoms with Gasteiger partial charge >= 0.3 is 0 Å². The zero-order valence-corrected chi connectivity index (χ0v) is 16.5. The lowest BCUT2D eigenvalue weighted by Gasteiger charge is -2.12. The zero-order valence-electron chi connectivity index (χ0n) is 16.5. The molecule has 3 N–H and O–H groups in total. The molecule has 1 fully saturated rings. The first-order chi connectivity index (χ1) is 14.7. The van der Waals surface area contributed by atoms with Crippen LogP contribution in [-0.2, 0) is 11.3 Å². The summed E-state index contributed by atoms with van der Waals surface area (Å²) in [5, 5.41) is 18.1. The van der Waals surface area contributed by atoms with Gasteiger partial charge in [0.15, 0.2) is 0 Å². The maximum Gasteiger partial charge on any atom is 0.239 e. The van der Waals surface area contributed by atoms with Gasteiger partial charge in [0.25, 0.3) is 0 Å². The standard InChI is InChI=1S/C22H23N7O/c23-12-16-3-5-17(6-4-16)13-25-21(30)15-24-19-11-20(29-9-1-2-10-29)28-22(27-19)26-14-18-7-8-18/h1-6,9-11,18H,7-8,13-15H2,(H,25,30)(H2,24,26,27,28). The molecule has 1 amide bonds. The maximum atomic E-state index is 12.2. The number of anilines is 2. The molecular formula is C22H23N7O. The fraction of sp³-hybridized carbons (Fsp3) is 0.273. The molecule has 1 aliphatic rings. The van der Waals surface area contributed by atoms with Gasteiger partial charge < -0.3 is 20.5 Å². The largest absolute Gasteiger partial charge is 0.361 e. The summed E-state index contributed by atoms with van der Waals surface area (Å²) in [5.41, 5.74) is 1.53. The van der Waals surface area contributed by atoms with Crippen molar-refractivity contribution in [3.05, 3.63) is 66.0 Å². The van der Waals surface area contributed by atoms with Crippen LogP contribution in [0.5, 0.6) is 0 Å². The molecule has 0 atom stereocenters. The van der Waals surface area contributed by atoms with E-state index in [1.165, 1.54) is 12.8 Å². The molecule has 0 spiro atoms. The number of nitrogens with one attached hydrogen (secondary N) is 3. The van der Waals surface area contributed by atoms with Crippen molar-refractivity contribution in [2.75, 3.05) is 23.7 Å². The average Bonchev–Trinajstić information content (AvgIpc) is 3.45. The summed E-state index contributed by atoms with van der Waals surface area (Å²) < 4.78 is 1.90. The number of carbonyl (C=O) groups excluding carboxylic acids is 1. The Morgan fingerprint density at radius 2 is 1.90 bits per heavy atom. The van der Waals surface area contributed by atoms with Crippen molar-refractivity contribution in [2.45, 2.75) is 19.4 Å². The topological polar surface area (TPSA) is 108 Å². The van der Waals surface area contributed by atoms with E-state index >= 15 is 0 Å². The van der Waals surface area contributed by atoms with Crippen molar-refractivity contribution in [2.24, 2.45) is 5.92 Å². The summed E-state index contributed by atoms with van der Waals surface area (Å²) >= 11 is 0. The van der Waals surface area contributed by atoms with E-state index in [1.54, 1.807) is 12.1 Å². The normalized spacial score (nSPS) is 12.8. The molecule has 0 aliphatic heterocycles. The molecule has 0 bridgehead atoms. The molecular weight excluding hydrogens is 378 g/mol. The predicted octanol–water partition coefficient (Wildman–Crippen LogP) is 2.69. The van der Waals surface area contributed by atoms with Crippen LogP contribution in [0.3, 0.4) is 0 Å². The fourth-order valence-electron chi connectivity index (χ4n) is 2.91. The van der Waals surface area contributed by atoms with Gasteiger partial charge in [-0.05, 0) is 48.6 Å². The first-order valence-corrected chi connectivity index (χ1v) is 9.95. The number of rotatable bonds is 9. The van der Waals surface area contributed by atoms with Gasteiger partial charge in [-0.1, -0.05) is 12.1 Å². The lowest BCUT2D eigenvalue weighted by molar-refractivity contribution is -0.119. The molecule has 1 saturated carbocycles. The SMILES string of the molecule is N#Cc1ccc(CNC(=O)CNc2cc(-n3cccc3)nc(NCC3CC3)n2)cc1. The summed E-state index contributed by atoms with van der Waals surface area (Å²) in [6, 6.07) is 14.9. The van der Waals surface area contributed by atoms with Gasteiger partial charge in [0.05, 0.1) is 18.2 Å². The molecule has 1 aliphatic carbocycles. The number of amides is 1. The highest BCUT2D eigenvalue weighted by Gasteiger charge is 2.21. The van der Waals surface area contributed by atoms with Crippen LogP contribution in [0, 0.1) is 17.2 Å². The number of aromatic nitrogens is 3. The first kappa shape index (κ1) is 19.5. The molecule has 2 aromatic heterocycles. The molecule has 8 heteroatoms. The fourth-order valence-corrected chi connectivity index (χ4v) is 2.91. The molecule has 30 heavy (non-hydrogen) atoms. The Labute approximate surface area is 175 Å². The number of carbonyl (C=O) groups is 1. The Bertz CT molecular complexity index is 1030. The van der Waals surface area contributed by atoms with Crippen LogP contribution >= 0.6 is 0 Å². The molecule has 0 saturated heterocycles. The number of hydrogen-bond acceptors (Lipinski definition) is 6. The molecule has 8 nitrogen and oxygen atoms in total. The Balaban J connectivity index is 1.36. The van der Waals surface area contributed by atoms with Gasteiger partial charge in [0.1, 0.15) is 11.6 Å². The van der Waals surface area contributed by atoms with Crippen molar-refractivity contribution >= 4 is 17.7 Å². The molecule has 1 aromatic carbocycles. The lowest BCUT2D eigenvalue weighted by Crippen LogP contribution is -2.29. The molecule has 152 valence electrons. The van der Waals surface area contributed by atoms with Crippen molar-refractivity contribution in [1.82, 2.24) is 19.9 Å². The van der Waals surface area contributed by atoms with E-state index in [0.29, 0.717) is 29.8 Å². The Morgan fingerprint density at radius 3 is 2.60 bits per heavy atom. The highest BCUT2D eigenvalue weighted by atomic mass is 16.1. The van der Waals surface area contributed by atoms with E-state index in [9.17, 15) is 4.79 Å². The van der Waals surface area contributed by atoms with E-state index in [4.69, 9.17) is 5.26 Å². The summed E-state index contributed by atoms with van der Waals surface area (Å²) in [7, 11) is 0. The zero-order chi connectivity index (χ0) is 20.8. The van der Waals surface area contributed by atoms with Gasteiger partial charge in [-0.15, -0.1) is 0 Å². The molecule has 4 rings (SSSR count). The summed E-state index contributed by atoms with van der Waals surface area (Å²) in [6.45, 7) is 1.36. The van der Waals surface area contributed by atoms with Gasteiger partial charge in [-0.3, -0.25) is 4.79 Å². The van der Waals surface area contributed by atoms with Crippen LogP contribution in [0.2, 0.25) is 0 Å². The highest BCUT2D eigenvalue weighted by molar-refractivity contribution is 5.80. The Kier molecular flexibility index (Phi) is 5.90. The van der Waals surface area contributed by atoms with Crippen LogP contribution in [0.4, 0.5) is 11.8 Å². The second-order valence-electron chi connectivity index (χ2n) is 7.29. The summed E-state index contributed by atoms with van der Waals surface area (Å²) in [6.07, 6.45) is 6.33. The van der Waals surface area contributed by atoms with Gasteiger partial charge in [-0.2, -0.15) is 15.2 Å². The number of hydrogen-bond donors (Lipinski definition) is 3. The smallest absolute Gasteiger partial charge is 0.239 e. The third-order valence-corrected chi connectivity index (χ3v) is 4.83. The van der Waals surface area contributed by atoms with E-state index < -0.39 is 0 Å². The first-order valence-electron chi connectivity index (χ1n) is 9.95. The van der Waals surface area contributed by atoms with Crippen molar-refractivity contribution in [3.63, 3.8) is 0 Å². The Morgan fingerprint density at radius 1 is 1.13 bits per heavy atom. The van der Waals surface area contributed by atoms with Crippen molar-refractivity contribution < 1.29 is 4.79 Å². The van der Waals surface area contributed by atoms with Crippen molar-refractivity contribution in [1.29, 1.82) is 5.26 Å². The van der Waals surface area contributed by atoms with Gasteiger partial charge in [0, 0.05) is 31.5 Å². The minimum atomic E-state index is -0.145. The second-order valence-corrected chi connectivity index (χ2v) is 7.29. The van der Waals surface area contributed by atoms with E-state index in [1.807, 2.05) is 47.3 Å². The summed E-state index contributed by atoms with van der Waals surface area (Å²) in [4.78, 5) is 21.3. The van der Waals surface area contributed by atoms with Gasteiger partial charge in [0.2, 0.25) is 11.9 Å². The quantitative estimate of drug-likeness (QED) is 0.509. The molecule has 0 unspecified atom stereocenters. The minimum absolute atomic E-state index is 0.0977. The molecule has 0 radical (unpaired) electrons. The third-order valence-electron chi connectivity index (χ3n) is 4.83. The van der Waals surface area contributed by atoms with E-state index in [0.717, 1.165) is 17.9 Å². The van der Waals surface area contributed by atoms with Crippen LogP contribution in [-0.4, -0.2) is 33.5 Å². The van der Waals surface area contributed by atoms with Gasteiger partial charge in [-0.25, -0.2) is 0 Å². The third kappa shape index (κ3) is 5.35. The molecule has 2 heterocycles. The minimum Gasteiger partial charge on any atom is -0.361 e. The van der Waals surface area contributed by atoms with Crippen LogP contribution < -0.4 is 16.0 Å². The van der Waals surface area contributed by atoms with Crippen LogP contribution in [0.1, 0.15) is 24.0 Å².